The zero-order valence-electron chi connectivity index (χ0n) is 22.4. The maximum Gasteiger partial charge on any atom is 0.367 e. The molecule has 0 bridgehead atoms. The van der Waals surface area contributed by atoms with Gasteiger partial charge in [-0.2, -0.15) is 16.8 Å². The summed E-state index contributed by atoms with van der Waals surface area (Å²) in [5.74, 6) is -1.17. The van der Waals surface area contributed by atoms with E-state index in [1.54, 1.807) is 18.2 Å². The molecule has 45 heavy (non-hydrogen) atoms. The molecular formula is C30H16N2O11S2. The molecule has 6 aromatic rings. The maximum atomic E-state index is 13.8. The third-order valence-electron chi connectivity index (χ3n) is 8.10. The first-order valence-corrected chi connectivity index (χ1v) is 15.9. The molecule has 1 unspecified atom stereocenters. The topological polar surface area (TPSA) is 212 Å². The van der Waals surface area contributed by atoms with E-state index in [1.165, 1.54) is 30.3 Å². The van der Waals surface area contributed by atoms with Crippen LogP contribution in [0.2, 0.25) is 0 Å². The number of nitro groups is 2. The minimum absolute atomic E-state index is 0.0516. The summed E-state index contributed by atoms with van der Waals surface area (Å²) in [4.78, 5) is 34.0. The lowest BCUT2D eigenvalue weighted by molar-refractivity contribution is -0.424. The molecule has 1 atom stereocenters. The summed E-state index contributed by atoms with van der Waals surface area (Å²) in [6.45, 7) is 0. The standard InChI is InChI=1S/C30H16N2O11S2/c33-28-19-8-4-3-7-17(19)24-23-18(10-9-16-11-14-5-1-2-6-15(14)12-20(16)23)21-13-22(31(34)35)27(32(36)37)29(44(38,39)40)25(21)26(24)30(28)45(41,42)43/h1-13,30H,(H,38,39,40)(H,41,42,43). The summed E-state index contributed by atoms with van der Waals surface area (Å²) in [6, 6.07) is 20.5. The third kappa shape index (κ3) is 4.02. The highest BCUT2D eigenvalue weighted by atomic mass is 32.2. The van der Waals surface area contributed by atoms with Gasteiger partial charge in [-0.25, -0.2) is 0 Å². The molecule has 7 rings (SSSR count). The van der Waals surface area contributed by atoms with Crippen molar-refractivity contribution in [1.29, 1.82) is 0 Å². The van der Waals surface area contributed by atoms with Crippen molar-refractivity contribution in [3.8, 4) is 11.1 Å². The van der Waals surface area contributed by atoms with E-state index in [2.05, 4.69) is 0 Å². The minimum atomic E-state index is -5.73. The number of Topliss-reactive ketones (excluding diaryl/α,β-unsaturated/α-hetero) is 1. The van der Waals surface area contributed by atoms with Gasteiger partial charge in [0.1, 0.15) is 0 Å². The first-order chi connectivity index (χ1) is 21.2. The summed E-state index contributed by atoms with van der Waals surface area (Å²) in [6.07, 6.45) is 0. The lowest BCUT2D eigenvalue weighted by Gasteiger charge is -2.29. The summed E-state index contributed by atoms with van der Waals surface area (Å²) in [5.41, 5.74) is -3.68. The van der Waals surface area contributed by atoms with Gasteiger partial charge in [-0.15, -0.1) is 0 Å². The molecule has 224 valence electrons. The Labute approximate surface area is 252 Å². The molecule has 1 aliphatic rings. The van der Waals surface area contributed by atoms with Crippen LogP contribution in [-0.4, -0.2) is 41.6 Å². The van der Waals surface area contributed by atoms with Gasteiger partial charge < -0.3 is 0 Å². The van der Waals surface area contributed by atoms with E-state index in [0.29, 0.717) is 16.8 Å². The van der Waals surface area contributed by atoms with Gasteiger partial charge >= 0.3 is 21.5 Å². The van der Waals surface area contributed by atoms with Gasteiger partial charge in [0.25, 0.3) is 10.1 Å². The molecule has 0 amide bonds. The van der Waals surface area contributed by atoms with Crippen LogP contribution in [0.4, 0.5) is 11.4 Å². The van der Waals surface area contributed by atoms with Gasteiger partial charge in [0.05, 0.1) is 9.85 Å². The molecule has 0 fully saturated rings. The lowest BCUT2D eigenvalue weighted by Crippen LogP contribution is -2.27. The number of hydrogen-bond donors (Lipinski definition) is 2. The van der Waals surface area contributed by atoms with E-state index in [0.717, 1.165) is 10.8 Å². The third-order valence-corrected chi connectivity index (χ3v) is 10.1. The fraction of sp³-hybridized carbons (Fsp3) is 0.0333. The van der Waals surface area contributed by atoms with E-state index in [4.69, 9.17) is 0 Å². The molecule has 0 saturated carbocycles. The number of nitrogens with zero attached hydrogens (tertiary/aromatic N) is 2. The van der Waals surface area contributed by atoms with Crippen LogP contribution in [-0.2, 0) is 20.2 Å². The Kier molecular flexibility index (Phi) is 5.89. The predicted molar refractivity (Wildman–Crippen MR) is 164 cm³/mol. The molecular weight excluding hydrogens is 628 g/mol. The smallest absolute Gasteiger partial charge is 0.292 e. The monoisotopic (exact) mass is 644 g/mol. The van der Waals surface area contributed by atoms with Crippen LogP contribution in [0, 0.1) is 20.2 Å². The Morgan fingerprint density at radius 2 is 1.29 bits per heavy atom. The second-order valence-electron chi connectivity index (χ2n) is 10.5. The fourth-order valence-electron chi connectivity index (χ4n) is 6.46. The predicted octanol–water partition coefficient (Wildman–Crippen LogP) is 6.15. The van der Waals surface area contributed by atoms with E-state index >= 15 is 0 Å². The van der Waals surface area contributed by atoms with Crippen molar-refractivity contribution in [1.82, 2.24) is 0 Å². The number of benzene rings is 6. The van der Waals surface area contributed by atoms with Crippen LogP contribution in [0.1, 0.15) is 21.2 Å². The van der Waals surface area contributed by atoms with Crippen LogP contribution < -0.4 is 0 Å². The van der Waals surface area contributed by atoms with Gasteiger partial charge in [-0.3, -0.25) is 34.1 Å². The number of carbonyl (C=O) groups is 1. The van der Waals surface area contributed by atoms with Crippen LogP contribution in [0.3, 0.4) is 0 Å². The molecule has 13 nitrogen and oxygen atoms in total. The summed E-state index contributed by atoms with van der Waals surface area (Å²) in [7, 11) is -11.2. The molecule has 1 aliphatic carbocycles. The molecule has 15 heteroatoms. The summed E-state index contributed by atoms with van der Waals surface area (Å²) >= 11 is 0. The second kappa shape index (κ2) is 9.33. The minimum Gasteiger partial charge on any atom is -0.292 e. The molecule has 2 N–H and O–H groups in total. The van der Waals surface area contributed by atoms with Gasteiger partial charge in [0.15, 0.2) is 15.9 Å². The van der Waals surface area contributed by atoms with Crippen LogP contribution in [0.25, 0.3) is 54.2 Å². The van der Waals surface area contributed by atoms with Gasteiger partial charge in [0.2, 0.25) is 0 Å². The van der Waals surface area contributed by atoms with Crippen molar-refractivity contribution in [2.24, 2.45) is 0 Å². The molecule has 0 aromatic heterocycles. The summed E-state index contributed by atoms with van der Waals surface area (Å²) in [5, 5.41) is 23.6. The largest absolute Gasteiger partial charge is 0.367 e. The Morgan fingerprint density at radius 1 is 0.667 bits per heavy atom. The fourth-order valence-corrected chi connectivity index (χ4v) is 8.29. The molecule has 0 radical (unpaired) electrons. The normalized spacial score (nSPS) is 15.0. The number of carbonyl (C=O) groups excluding carboxylic acids is 1. The van der Waals surface area contributed by atoms with Crippen molar-refractivity contribution in [3.63, 3.8) is 0 Å². The van der Waals surface area contributed by atoms with Gasteiger partial charge in [0, 0.05) is 17.0 Å². The van der Waals surface area contributed by atoms with Gasteiger partial charge in [-0.05, 0) is 66.5 Å². The summed E-state index contributed by atoms with van der Waals surface area (Å²) < 4.78 is 72.8. The Hall–Kier alpha value is -5.35. The molecule has 6 aromatic carbocycles. The molecule has 0 heterocycles. The Morgan fingerprint density at radius 3 is 1.89 bits per heavy atom. The van der Waals surface area contributed by atoms with Gasteiger partial charge in [-0.1, -0.05) is 60.7 Å². The number of ketones is 1. The second-order valence-corrected chi connectivity index (χ2v) is 13.3. The number of nitro benzene ring substituents is 2. The Bertz CT molecular complexity index is 2630. The number of hydrogen-bond acceptors (Lipinski definition) is 9. The van der Waals surface area contributed by atoms with Crippen molar-refractivity contribution in [2.45, 2.75) is 10.1 Å². The highest BCUT2D eigenvalue weighted by molar-refractivity contribution is 7.87. The highest BCUT2D eigenvalue weighted by Gasteiger charge is 2.47. The molecule has 0 saturated heterocycles. The average molecular weight is 645 g/mol. The zero-order chi connectivity index (χ0) is 32.2. The lowest BCUT2D eigenvalue weighted by atomic mass is 9.77. The molecule has 0 spiro atoms. The highest BCUT2D eigenvalue weighted by Crippen LogP contribution is 2.54. The zero-order valence-corrected chi connectivity index (χ0v) is 24.0. The Balaban J connectivity index is 1.93. The SMILES string of the molecule is O=C1c2ccccc2-c2c(c3c(S(=O)(=O)O)c([N+](=O)[O-])c([N+](=O)[O-])cc3c3ccc4cc5ccccc5cc4c23)C1S(=O)(=O)O. The number of rotatable bonds is 4. The quantitative estimate of drug-likeness (QED) is 0.0729. The first-order valence-electron chi connectivity index (χ1n) is 13.0. The van der Waals surface area contributed by atoms with Crippen LogP contribution >= 0.6 is 0 Å². The average Bonchev–Trinajstić information content (AvgIpc) is 2.97. The van der Waals surface area contributed by atoms with E-state index in [-0.39, 0.29) is 32.8 Å². The van der Waals surface area contributed by atoms with E-state index < -0.39 is 68.3 Å². The van der Waals surface area contributed by atoms with E-state index in [1.807, 2.05) is 24.3 Å². The number of fused-ring (bicyclic) bond motifs is 11. The van der Waals surface area contributed by atoms with Crippen LogP contribution in [0.15, 0.2) is 83.8 Å². The molecule has 0 aliphatic heterocycles. The van der Waals surface area contributed by atoms with Crippen molar-refractivity contribution >= 4 is 80.5 Å². The van der Waals surface area contributed by atoms with E-state index in [9.17, 15) is 51.0 Å². The first kappa shape index (κ1) is 28.4. The maximum absolute atomic E-state index is 13.8. The van der Waals surface area contributed by atoms with Crippen LogP contribution in [0.5, 0.6) is 0 Å². The van der Waals surface area contributed by atoms with Crippen molar-refractivity contribution in [2.75, 3.05) is 0 Å². The van der Waals surface area contributed by atoms with Crippen molar-refractivity contribution in [3.05, 3.63) is 110 Å². The van der Waals surface area contributed by atoms with Crippen molar-refractivity contribution < 1.29 is 40.6 Å².